The first-order valence-corrected chi connectivity index (χ1v) is 20.8. The van der Waals surface area contributed by atoms with Crippen molar-refractivity contribution < 1.29 is 37.4 Å². The number of sulfonamides is 1. The maximum absolute atomic E-state index is 15.0. The van der Waals surface area contributed by atoms with Crippen LogP contribution in [0.3, 0.4) is 0 Å². The summed E-state index contributed by atoms with van der Waals surface area (Å²) in [6.45, 7) is 9.37. The fourth-order valence-electron chi connectivity index (χ4n) is 8.60. The number of benzene rings is 1. The molecule has 1 spiro atoms. The number of amides is 4. The third kappa shape index (κ3) is 7.06. The van der Waals surface area contributed by atoms with Gasteiger partial charge in [0, 0.05) is 29.8 Å². The summed E-state index contributed by atoms with van der Waals surface area (Å²) >= 11 is 0. The van der Waals surface area contributed by atoms with E-state index >= 15 is 0 Å². The molecule has 5 atom stereocenters. The number of aromatic nitrogens is 1. The van der Waals surface area contributed by atoms with Crippen LogP contribution in [0.4, 0.5) is 4.79 Å². The van der Waals surface area contributed by atoms with Crippen molar-refractivity contribution in [1.82, 2.24) is 24.8 Å². The quantitative estimate of drug-likeness (QED) is 0.354. The number of aryl methyl sites for hydroxylation is 2. The third-order valence-corrected chi connectivity index (χ3v) is 14.3. The summed E-state index contributed by atoms with van der Waals surface area (Å²) in [4.78, 5) is 64.0. The molecule has 7 rings (SSSR count). The standard InChI is InChI=1S/C40H53N5O8S/c1-25-32-28(27-14-11-12-15-29(27)41-25)17-18-39(53-32)22-31-33(46)42-40(35(48)43-54(51,52)38(5)19-20-38)21-26(40)13-9-7-6-8-10-16-30(34(47)44(31)24-39)45(36(49)50)23-37(2,3)4/h9,11-15,26,30-31H,6-8,10,16-24H2,1-5H3,(H,42,46)(H,43,48)(H,49,50)/b13-9-/t26-,30+,31+,39-,40-/m1/s1. The number of para-hydroxylation sites is 1. The van der Waals surface area contributed by atoms with Crippen LogP contribution >= 0.6 is 0 Å². The van der Waals surface area contributed by atoms with Crippen LogP contribution in [-0.2, 0) is 30.8 Å². The van der Waals surface area contributed by atoms with Crippen LogP contribution < -0.4 is 14.8 Å². The minimum absolute atomic E-state index is 0.0321. The van der Waals surface area contributed by atoms with Gasteiger partial charge in [0.1, 0.15) is 29.0 Å². The van der Waals surface area contributed by atoms with Crippen molar-refractivity contribution >= 4 is 44.7 Å². The number of carbonyl (C=O) groups is 4. The Morgan fingerprint density at radius 2 is 1.85 bits per heavy atom. The number of ether oxygens (including phenoxy) is 1. The number of pyridine rings is 1. The SMILES string of the molecule is Cc1nc2ccccc2c2c1O[C@]1(CC2)C[C@H]2C(=O)N[C@]3(C(=O)NS(=O)(=O)C4(C)CC4)C[C@H]3/C=C\CCCCC[C@H](N(CC(C)(C)C)C(=O)O)C(=O)N2C1. The molecule has 3 aliphatic heterocycles. The van der Waals surface area contributed by atoms with Crippen LogP contribution in [0, 0.1) is 18.3 Å². The maximum atomic E-state index is 15.0. The molecule has 1 saturated heterocycles. The number of nitrogens with one attached hydrogen (secondary N) is 2. The van der Waals surface area contributed by atoms with E-state index in [1.807, 2.05) is 64.1 Å². The van der Waals surface area contributed by atoms with Crippen molar-refractivity contribution in [2.45, 2.75) is 133 Å². The number of rotatable bonds is 5. The Labute approximate surface area is 317 Å². The molecule has 5 aliphatic rings. The number of fused-ring (bicyclic) bond motifs is 5. The lowest BCUT2D eigenvalue weighted by Crippen LogP contribution is -2.59. The Morgan fingerprint density at radius 1 is 1.11 bits per heavy atom. The second-order valence-electron chi connectivity index (χ2n) is 17.7. The molecule has 54 heavy (non-hydrogen) atoms. The highest BCUT2D eigenvalue weighted by Crippen LogP contribution is 2.49. The molecule has 3 N–H and O–H groups in total. The molecule has 4 heterocycles. The van der Waals surface area contributed by atoms with Crippen molar-refractivity contribution in [3.05, 3.63) is 47.7 Å². The van der Waals surface area contributed by atoms with E-state index in [1.54, 1.807) is 6.92 Å². The molecule has 2 aromatic rings. The molecule has 0 radical (unpaired) electrons. The minimum Gasteiger partial charge on any atom is -0.483 e. The van der Waals surface area contributed by atoms with Crippen LogP contribution in [0.25, 0.3) is 10.9 Å². The van der Waals surface area contributed by atoms with Crippen LogP contribution in [0.1, 0.15) is 103 Å². The van der Waals surface area contributed by atoms with E-state index < -0.39 is 73.1 Å². The summed E-state index contributed by atoms with van der Waals surface area (Å²) in [6.07, 6.45) is 8.01. The molecule has 13 nitrogen and oxygen atoms in total. The van der Waals surface area contributed by atoms with Gasteiger partial charge < -0.3 is 20.1 Å². The number of carbonyl (C=O) groups excluding carboxylic acids is 3. The van der Waals surface area contributed by atoms with Crippen molar-refractivity contribution in [3.8, 4) is 5.75 Å². The predicted octanol–water partition coefficient (Wildman–Crippen LogP) is 5.00. The average molecular weight is 764 g/mol. The normalized spacial score (nSPS) is 30.1. The zero-order valence-corrected chi connectivity index (χ0v) is 32.8. The van der Waals surface area contributed by atoms with Gasteiger partial charge in [-0.05, 0) is 76.7 Å². The lowest BCUT2D eigenvalue weighted by molar-refractivity contribution is -0.143. The molecule has 2 aliphatic carbocycles. The minimum atomic E-state index is -3.99. The Hall–Kier alpha value is -4.20. The first-order chi connectivity index (χ1) is 25.4. The Kier molecular flexibility index (Phi) is 9.54. The molecule has 2 saturated carbocycles. The van der Waals surface area contributed by atoms with Crippen molar-refractivity contribution in [2.75, 3.05) is 13.1 Å². The third-order valence-electron chi connectivity index (χ3n) is 12.1. The molecule has 1 aromatic carbocycles. The van der Waals surface area contributed by atoms with Gasteiger partial charge >= 0.3 is 6.09 Å². The maximum Gasteiger partial charge on any atom is 0.407 e. The Bertz CT molecular complexity index is 2020. The smallest absolute Gasteiger partial charge is 0.407 e. The highest BCUT2D eigenvalue weighted by atomic mass is 32.2. The van der Waals surface area contributed by atoms with Gasteiger partial charge in [-0.1, -0.05) is 64.0 Å². The molecule has 4 amide bonds. The predicted molar refractivity (Wildman–Crippen MR) is 202 cm³/mol. The van der Waals surface area contributed by atoms with Crippen LogP contribution in [-0.4, -0.2) is 93.2 Å². The fourth-order valence-corrected chi connectivity index (χ4v) is 9.91. The summed E-state index contributed by atoms with van der Waals surface area (Å²) < 4.78 is 34.5. The number of hydrogen-bond donors (Lipinski definition) is 3. The molecule has 0 unspecified atom stereocenters. The molecular formula is C40H53N5O8S. The lowest BCUT2D eigenvalue weighted by atomic mass is 9.87. The van der Waals surface area contributed by atoms with Gasteiger partial charge in [-0.3, -0.25) is 24.0 Å². The molecule has 0 bridgehead atoms. The van der Waals surface area contributed by atoms with Crippen molar-refractivity contribution in [2.24, 2.45) is 11.3 Å². The van der Waals surface area contributed by atoms with Crippen LogP contribution in [0.5, 0.6) is 5.75 Å². The van der Waals surface area contributed by atoms with Gasteiger partial charge in [0.25, 0.3) is 5.91 Å². The van der Waals surface area contributed by atoms with E-state index in [1.165, 1.54) is 9.80 Å². The molecule has 3 fully saturated rings. The van der Waals surface area contributed by atoms with Crippen molar-refractivity contribution in [1.29, 1.82) is 0 Å². The molecular weight excluding hydrogens is 711 g/mol. The molecule has 292 valence electrons. The molecule has 14 heteroatoms. The van der Waals surface area contributed by atoms with Crippen LogP contribution in [0.2, 0.25) is 0 Å². The van der Waals surface area contributed by atoms with Gasteiger partial charge in [0.05, 0.1) is 22.5 Å². The van der Waals surface area contributed by atoms with E-state index in [4.69, 9.17) is 9.72 Å². The monoisotopic (exact) mass is 763 g/mol. The second-order valence-corrected chi connectivity index (χ2v) is 19.9. The number of hydrogen-bond acceptors (Lipinski definition) is 8. The van der Waals surface area contributed by atoms with Gasteiger partial charge in [-0.15, -0.1) is 0 Å². The first-order valence-electron chi connectivity index (χ1n) is 19.3. The fraction of sp³-hybridized carbons (Fsp3) is 0.625. The van der Waals surface area contributed by atoms with E-state index in [2.05, 4.69) is 10.0 Å². The summed E-state index contributed by atoms with van der Waals surface area (Å²) in [5, 5.41) is 14.4. The number of allylic oxidation sites excluding steroid dienone is 1. The molecule has 1 aromatic heterocycles. The highest BCUT2D eigenvalue weighted by Gasteiger charge is 2.64. The van der Waals surface area contributed by atoms with E-state index in [-0.39, 0.29) is 32.4 Å². The number of carboxylic acid groups (broad SMARTS) is 1. The van der Waals surface area contributed by atoms with E-state index in [9.17, 15) is 32.7 Å². The second kappa shape index (κ2) is 13.5. The Balaban J connectivity index is 1.27. The van der Waals surface area contributed by atoms with Gasteiger partial charge in [0.15, 0.2) is 0 Å². The zero-order chi connectivity index (χ0) is 38.8. The van der Waals surface area contributed by atoms with Crippen molar-refractivity contribution in [3.63, 3.8) is 0 Å². The Morgan fingerprint density at radius 3 is 2.56 bits per heavy atom. The van der Waals surface area contributed by atoms with Crippen LogP contribution in [0.15, 0.2) is 36.4 Å². The summed E-state index contributed by atoms with van der Waals surface area (Å²) in [6, 6.07) is 5.69. The summed E-state index contributed by atoms with van der Waals surface area (Å²) in [7, 11) is -3.99. The van der Waals surface area contributed by atoms with E-state index in [0.29, 0.717) is 50.0 Å². The summed E-state index contributed by atoms with van der Waals surface area (Å²) in [5.74, 6) is -1.69. The van der Waals surface area contributed by atoms with E-state index in [0.717, 1.165) is 29.3 Å². The average Bonchev–Trinajstić information content (AvgIpc) is 3.99. The van der Waals surface area contributed by atoms with Gasteiger partial charge in [-0.2, -0.15) is 0 Å². The first kappa shape index (κ1) is 38.1. The van der Waals surface area contributed by atoms with Gasteiger partial charge in [0.2, 0.25) is 21.8 Å². The largest absolute Gasteiger partial charge is 0.483 e. The highest BCUT2D eigenvalue weighted by molar-refractivity contribution is 7.91. The zero-order valence-electron chi connectivity index (χ0n) is 31.9. The summed E-state index contributed by atoms with van der Waals surface area (Å²) in [5.41, 5.74) is -0.405. The number of nitrogens with zero attached hydrogens (tertiary/aromatic N) is 3. The topological polar surface area (TPSA) is 175 Å². The van der Waals surface area contributed by atoms with Gasteiger partial charge in [-0.25, -0.2) is 18.2 Å². The lowest BCUT2D eigenvalue weighted by Gasteiger charge is -2.38.